The van der Waals surface area contributed by atoms with Crippen molar-refractivity contribution in [2.24, 2.45) is 0 Å². The van der Waals surface area contributed by atoms with E-state index in [1.54, 1.807) is 29.3 Å². The second-order valence-electron chi connectivity index (χ2n) is 4.87. The predicted molar refractivity (Wildman–Crippen MR) is 84.7 cm³/mol. The SMILES string of the molecule is O=C(NCc1cccnc1)c1ccn(COc2ccccc2)n1. The van der Waals surface area contributed by atoms with Crippen LogP contribution in [0, 0.1) is 0 Å². The molecule has 0 unspecified atom stereocenters. The highest BCUT2D eigenvalue weighted by molar-refractivity contribution is 5.92. The molecule has 1 amide bonds. The molecule has 2 aromatic heterocycles. The first-order valence-electron chi connectivity index (χ1n) is 7.20. The molecule has 0 bridgehead atoms. The number of ether oxygens (including phenoxy) is 1. The van der Waals surface area contributed by atoms with Crippen molar-refractivity contribution in [1.29, 1.82) is 0 Å². The maximum absolute atomic E-state index is 12.1. The number of hydrogen-bond acceptors (Lipinski definition) is 4. The van der Waals surface area contributed by atoms with Gasteiger partial charge in [0.25, 0.3) is 5.91 Å². The lowest BCUT2D eigenvalue weighted by Crippen LogP contribution is -2.23. The maximum atomic E-state index is 12.1. The van der Waals surface area contributed by atoms with Gasteiger partial charge in [-0.2, -0.15) is 5.10 Å². The van der Waals surface area contributed by atoms with Crippen LogP contribution in [0.15, 0.2) is 67.1 Å². The Morgan fingerprint density at radius 3 is 2.78 bits per heavy atom. The monoisotopic (exact) mass is 308 g/mol. The lowest BCUT2D eigenvalue weighted by molar-refractivity contribution is 0.0944. The van der Waals surface area contributed by atoms with E-state index < -0.39 is 0 Å². The third-order valence-electron chi connectivity index (χ3n) is 3.16. The maximum Gasteiger partial charge on any atom is 0.272 e. The molecule has 0 aliphatic heterocycles. The van der Waals surface area contributed by atoms with Gasteiger partial charge in [0.15, 0.2) is 6.73 Å². The number of benzene rings is 1. The van der Waals surface area contributed by atoms with E-state index in [-0.39, 0.29) is 12.6 Å². The van der Waals surface area contributed by atoms with Crippen LogP contribution in [0.1, 0.15) is 16.1 Å². The smallest absolute Gasteiger partial charge is 0.272 e. The van der Waals surface area contributed by atoms with Crippen LogP contribution >= 0.6 is 0 Å². The quantitative estimate of drug-likeness (QED) is 0.758. The van der Waals surface area contributed by atoms with Crippen molar-refractivity contribution >= 4 is 5.91 Å². The molecule has 116 valence electrons. The molecule has 23 heavy (non-hydrogen) atoms. The van der Waals surface area contributed by atoms with E-state index in [4.69, 9.17) is 4.74 Å². The van der Waals surface area contributed by atoms with Gasteiger partial charge >= 0.3 is 0 Å². The summed E-state index contributed by atoms with van der Waals surface area (Å²) >= 11 is 0. The Kier molecular flexibility index (Phi) is 4.63. The van der Waals surface area contributed by atoms with Crippen molar-refractivity contribution in [1.82, 2.24) is 20.1 Å². The van der Waals surface area contributed by atoms with Gasteiger partial charge in [-0.3, -0.25) is 9.78 Å². The minimum Gasteiger partial charge on any atom is -0.471 e. The third kappa shape index (κ3) is 4.16. The summed E-state index contributed by atoms with van der Waals surface area (Å²) in [6, 6.07) is 14.8. The second-order valence-corrected chi connectivity index (χ2v) is 4.87. The highest BCUT2D eigenvalue weighted by Crippen LogP contribution is 2.09. The highest BCUT2D eigenvalue weighted by Gasteiger charge is 2.09. The standard InChI is InChI=1S/C17H16N4O2/c22-17(19-12-14-5-4-9-18-11-14)16-8-10-21(20-16)13-23-15-6-2-1-3-7-15/h1-11H,12-13H2,(H,19,22). The average molecular weight is 308 g/mol. The zero-order chi connectivity index (χ0) is 15.9. The Balaban J connectivity index is 1.53. The first kappa shape index (κ1) is 14.8. The topological polar surface area (TPSA) is 69.0 Å². The highest BCUT2D eigenvalue weighted by atomic mass is 16.5. The van der Waals surface area contributed by atoms with Gasteiger partial charge in [-0.05, 0) is 29.8 Å². The van der Waals surface area contributed by atoms with Crippen LogP contribution in [-0.2, 0) is 13.3 Å². The Hall–Kier alpha value is -3.15. The number of nitrogens with one attached hydrogen (secondary N) is 1. The summed E-state index contributed by atoms with van der Waals surface area (Å²) in [4.78, 5) is 16.1. The third-order valence-corrected chi connectivity index (χ3v) is 3.16. The Labute approximate surface area is 133 Å². The molecule has 1 N–H and O–H groups in total. The summed E-state index contributed by atoms with van der Waals surface area (Å²) in [7, 11) is 0. The zero-order valence-corrected chi connectivity index (χ0v) is 12.4. The number of para-hydroxylation sites is 1. The summed E-state index contributed by atoms with van der Waals surface area (Å²) in [5.74, 6) is 0.526. The van der Waals surface area contributed by atoms with Crippen LogP contribution in [-0.4, -0.2) is 20.7 Å². The van der Waals surface area contributed by atoms with Gasteiger partial charge < -0.3 is 10.1 Å². The molecular formula is C17H16N4O2. The summed E-state index contributed by atoms with van der Waals surface area (Å²) in [5.41, 5.74) is 1.29. The molecule has 0 aliphatic carbocycles. The molecule has 0 spiro atoms. The van der Waals surface area contributed by atoms with E-state index in [9.17, 15) is 4.79 Å². The molecule has 2 heterocycles. The van der Waals surface area contributed by atoms with E-state index in [1.165, 1.54) is 0 Å². The van der Waals surface area contributed by atoms with Crippen LogP contribution in [0.2, 0.25) is 0 Å². The molecule has 6 nitrogen and oxygen atoms in total. The zero-order valence-electron chi connectivity index (χ0n) is 12.4. The van der Waals surface area contributed by atoms with Crippen molar-refractivity contribution in [2.75, 3.05) is 0 Å². The molecular weight excluding hydrogens is 292 g/mol. The van der Waals surface area contributed by atoms with Gasteiger partial charge in [-0.25, -0.2) is 4.68 Å². The van der Waals surface area contributed by atoms with Crippen molar-refractivity contribution in [2.45, 2.75) is 13.3 Å². The summed E-state index contributed by atoms with van der Waals surface area (Å²) in [6.45, 7) is 0.667. The van der Waals surface area contributed by atoms with E-state index in [2.05, 4.69) is 15.4 Å². The molecule has 0 aliphatic rings. The van der Waals surface area contributed by atoms with Crippen LogP contribution in [0.25, 0.3) is 0 Å². The molecule has 1 aromatic carbocycles. The number of rotatable bonds is 6. The number of carbonyl (C=O) groups is 1. The van der Waals surface area contributed by atoms with E-state index in [1.807, 2.05) is 42.5 Å². The van der Waals surface area contributed by atoms with E-state index >= 15 is 0 Å². The number of pyridine rings is 1. The van der Waals surface area contributed by atoms with Gasteiger partial charge in [0.2, 0.25) is 0 Å². The van der Waals surface area contributed by atoms with E-state index in [0.717, 1.165) is 11.3 Å². The van der Waals surface area contributed by atoms with E-state index in [0.29, 0.717) is 12.2 Å². The largest absolute Gasteiger partial charge is 0.471 e. The fraction of sp³-hybridized carbons (Fsp3) is 0.118. The summed E-state index contributed by atoms with van der Waals surface area (Å²) in [5, 5.41) is 7.01. The van der Waals surface area contributed by atoms with Crippen LogP contribution in [0.5, 0.6) is 5.75 Å². The Bertz CT molecular complexity index is 757. The van der Waals surface area contributed by atoms with Gasteiger partial charge in [0, 0.05) is 25.1 Å². The molecule has 3 aromatic rings. The lowest BCUT2D eigenvalue weighted by Gasteiger charge is -2.05. The second kappa shape index (κ2) is 7.22. The first-order chi connectivity index (χ1) is 11.3. The van der Waals surface area contributed by atoms with Gasteiger partial charge in [0.1, 0.15) is 11.4 Å². The van der Waals surface area contributed by atoms with Crippen LogP contribution < -0.4 is 10.1 Å². The lowest BCUT2D eigenvalue weighted by atomic mass is 10.3. The normalized spacial score (nSPS) is 10.3. The summed E-state index contributed by atoms with van der Waals surface area (Å²) in [6.07, 6.45) is 5.12. The number of hydrogen-bond donors (Lipinski definition) is 1. The van der Waals surface area contributed by atoms with Gasteiger partial charge in [-0.15, -0.1) is 0 Å². The predicted octanol–water partition coefficient (Wildman–Crippen LogP) is 2.24. The molecule has 0 saturated carbocycles. The Morgan fingerprint density at radius 1 is 1.13 bits per heavy atom. The molecule has 0 fully saturated rings. The minimum absolute atomic E-state index is 0.229. The number of amides is 1. The fourth-order valence-electron chi connectivity index (χ4n) is 1.99. The van der Waals surface area contributed by atoms with Crippen molar-refractivity contribution < 1.29 is 9.53 Å². The van der Waals surface area contributed by atoms with Crippen molar-refractivity contribution in [3.63, 3.8) is 0 Å². The molecule has 0 atom stereocenters. The van der Waals surface area contributed by atoms with Crippen LogP contribution in [0.3, 0.4) is 0 Å². The number of carbonyl (C=O) groups excluding carboxylic acids is 1. The van der Waals surface area contributed by atoms with Gasteiger partial charge in [-0.1, -0.05) is 24.3 Å². The molecule has 0 radical (unpaired) electrons. The van der Waals surface area contributed by atoms with Crippen molar-refractivity contribution in [3.05, 3.63) is 78.4 Å². The van der Waals surface area contributed by atoms with Gasteiger partial charge in [0.05, 0.1) is 0 Å². The van der Waals surface area contributed by atoms with Crippen LogP contribution in [0.4, 0.5) is 0 Å². The number of nitrogens with zero attached hydrogens (tertiary/aromatic N) is 3. The molecule has 3 rings (SSSR count). The average Bonchev–Trinajstić information content (AvgIpc) is 3.09. The molecule has 0 saturated heterocycles. The molecule has 6 heteroatoms. The Morgan fingerprint density at radius 2 is 2.00 bits per heavy atom. The summed E-state index contributed by atoms with van der Waals surface area (Å²) < 4.78 is 7.15. The number of aromatic nitrogens is 3. The van der Waals surface area contributed by atoms with Crippen molar-refractivity contribution in [3.8, 4) is 5.75 Å². The fourth-order valence-corrected chi connectivity index (χ4v) is 1.99. The first-order valence-corrected chi connectivity index (χ1v) is 7.20. The minimum atomic E-state index is -0.229.